The van der Waals surface area contributed by atoms with Gasteiger partial charge in [0.05, 0.1) is 15.8 Å². The molecule has 0 radical (unpaired) electrons. The van der Waals surface area contributed by atoms with Crippen molar-refractivity contribution in [2.24, 2.45) is 0 Å². The van der Waals surface area contributed by atoms with Gasteiger partial charge in [-0.15, -0.1) is 34.4 Å². The average Bonchev–Trinajstić information content (AvgIpc) is 3.48. The Morgan fingerprint density at radius 3 is 2.28 bits per heavy atom. The number of hydrogen-bond acceptors (Lipinski definition) is 6. The summed E-state index contributed by atoms with van der Waals surface area (Å²) in [7, 11) is 0. The number of nitrogens with zero attached hydrogens (tertiary/aromatic N) is 1. The number of amides is 3. The van der Waals surface area contributed by atoms with Gasteiger partial charge in [-0.25, -0.2) is 9.78 Å². The van der Waals surface area contributed by atoms with Gasteiger partial charge in [0.1, 0.15) is 0 Å². The van der Waals surface area contributed by atoms with Gasteiger partial charge in [0.15, 0.2) is 5.13 Å². The van der Waals surface area contributed by atoms with E-state index in [9.17, 15) is 9.59 Å². The minimum Gasteiger partial charge on any atom is -0.308 e. The Hall–Kier alpha value is -3.14. The molecular weight excluding hydrogens is 460 g/mol. The second kappa shape index (κ2) is 10.4. The second-order valence-corrected chi connectivity index (χ2v) is 9.95. The molecule has 3 N–H and O–H groups in total. The van der Waals surface area contributed by atoms with Gasteiger partial charge in [0.2, 0.25) is 5.91 Å². The highest BCUT2D eigenvalue weighted by Gasteiger charge is 2.16. The van der Waals surface area contributed by atoms with E-state index in [1.165, 1.54) is 23.1 Å². The number of anilines is 3. The van der Waals surface area contributed by atoms with Crippen molar-refractivity contribution in [3.63, 3.8) is 0 Å². The van der Waals surface area contributed by atoms with Gasteiger partial charge >= 0.3 is 6.03 Å². The zero-order chi connectivity index (χ0) is 22.3. The van der Waals surface area contributed by atoms with Crippen molar-refractivity contribution in [2.75, 3.05) is 16.0 Å². The van der Waals surface area contributed by atoms with Crippen molar-refractivity contribution >= 4 is 62.9 Å². The van der Waals surface area contributed by atoms with E-state index in [1.807, 2.05) is 84.4 Å². The molecule has 2 aromatic carbocycles. The Kier molecular flexibility index (Phi) is 7.21. The van der Waals surface area contributed by atoms with Crippen LogP contribution in [-0.2, 0) is 4.79 Å². The molecule has 2 aromatic heterocycles. The number of thiophene rings is 1. The maximum Gasteiger partial charge on any atom is 0.323 e. The molecule has 9 heteroatoms. The fraction of sp³-hybridized carbons (Fsp3) is 0.0870. The fourth-order valence-corrected chi connectivity index (χ4v) is 5.11. The summed E-state index contributed by atoms with van der Waals surface area (Å²) < 4.78 is 0. The molecule has 0 aliphatic rings. The normalized spacial score (nSPS) is 11.5. The van der Waals surface area contributed by atoms with Crippen LogP contribution in [0.25, 0.3) is 10.6 Å². The number of carbonyl (C=O) groups is 2. The summed E-state index contributed by atoms with van der Waals surface area (Å²) in [5.41, 5.74) is 2.27. The van der Waals surface area contributed by atoms with E-state index in [2.05, 4.69) is 20.9 Å². The summed E-state index contributed by atoms with van der Waals surface area (Å²) in [6, 6.07) is 20.3. The average molecular weight is 481 g/mol. The fourth-order valence-electron chi connectivity index (χ4n) is 2.77. The smallest absolute Gasteiger partial charge is 0.308 e. The lowest BCUT2D eigenvalue weighted by Gasteiger charge is -2.11. The number of rotatable bonds is 7. The number of aromatic nitrogens is 1. The van der Waals surface area contributed by atoms with Crippen molar-refractivity contribution in [1.29, 1.82) is 0 Å². The van der Waals surface area contributed by atoms with Crippen LogP contribution in [0, 0.1) is 0 Å². The van der Waals surface area contributed by atoms with Crippen molar-refractivity contribution in [2.45, 2.75) is 17.1 Å². The molecule has 4 rings (SSSR count). The predicted molar refractivity (Wildman–Crippen MR) is 135 cm³/mol. The molecule has 0 saturated heterocycles. The highest BCUT2D eigenvalue weighted by atomic mass is 32.2. The Bertz CT molecular complexity index is 1180. The Morgan fingerprint density at radius 1 is 0.875 bits per heavy atom. The van der Waals surface area contributed by atoms with Crippen LogP contribution in [0.5, 0.6) is 0 Å². The maximum atomic E-state index is 12.6. The van der Waals surface area contributed by atoms with Crippen LogP contribution in [0.4, 0.5) is 21.3 Å². The van der Waals surface area contributed by atoms with Crippen LogP contribution in [-0.4, -0.2) is 22.2 Å². The number of benzene rings is 2. The highest BCUT2D eigenvalue weighted by Crippen LogP contribution is 2.30. The number of thioether (sulfide) groups is 1. The van der Waals surface area contributed by atoms with Crippen LogP contribution < -0.4 is 16.0 Å². The third-order valence-corrected chi connectivity index (χ3v) is 7.10. The quantitative estimate of drug-likeness (QED) is 0.259. The number of urea groups is 1. The summed E-state index contributed by atoms with van der Waals surface area (Å²) in [6.45, 7) is 1.85. The van der Waals surface area contributed by atoms with Gasteiger partial charge in [-0.2, -0.15) is 0 Å². The van der Waals surface area contributed by atoms with Crippen LogP contribution in [0.2, 0.25) is 0 Å². The molecule has 0 fully saturated rings. The van der Waals surface area contributed by atoms with E-state index in [0.29, 0.717) is 10.8 Å². The van der Waals surface area contributed by atoms with Crippen molar-refractivity contribution < 1.29 is 9.59 Å². The molecule has 0 saturated carbocycles. The zero-order valence-corrected chi connectivity index (χ0v) is 19.5. The Balaban J connectivity index is 1.28. The van der Waals surface area contributed by atoms with Gasteiger partial charge in [-0.05, 0) is 54.8 Å². The van der Waals surface area contributed by atoms with Crippen molar-refractivity contribution in [1.82, 2.24) is 4.98 Å². The molecule has 3 amide bonds. The lowest BCUT2D eigenvalue weighted by molar-refractivity contribution is -0.115. The summed E-state index contributed by atoms with van der Waals surface area (Å²) in [4.78, 5) is 31.2. The zero-order valence-electron chi connectivity index (χ0n) is 17.1. The summed E-state index contributed by atoms with van der Waals surface area (Å²) in [5, 5.41) is 12.7. The molecule has 0 bridgehead atoms. The van der Waals surface area contributed by atoms with Gasteiger partial charge in [-0.3, -0.25) is 4.79 Å². The number of hydrogen-bond donors (Lipinski definition) is 3. The standard InChI is InChI=1S/C23H20N4O2S3/c1-15(21(28)27-23-26-19(14-31-23)20-8-5-13-30-20)32-18-11-9-17(10-12-18)25-22(29)24-16-6-3-2-4-7-16/h2-15H,1H3,(H2,24,25,29)(H,26,27,28). The van der Waals surface area contributed by atoms with Crippen LogP contribution in [0.3, 0.4) is 0 Å². The topological polar surface area (TPSA) is 83.1 Å². The summed E-state index contributed by atoms with van der Waals surface area (Å²) in [6.07, 6.45) is 0. The van der Waals surface area contributed by atoms with E-state index in [1.54, 1.807) is 11.3 Å². The molecule has 162 valence electrons. The largest absolute Gasteiger partial charge is 0.323 e. The minimum atomic E-state index is -0.310. The van der Waals surface area contributed by atoms with E-state index in [-0.39, 0.29) is 17.2 Å². The SMILES string of the molecule is CC(Sc1ccc(NC(=O)Nc2ccccc2)cc1)C(=O)Nc1nc(-c2cccs2)cs1. The first kappa shape index (κ1) is 22.1. The third-order valence-electron chi connectivity index (χ3n) is 4.33. The number of nitrogens with one attached hydrogen (secondary N) is 3. The van der Waals surface area contributed by atoms with Crippen LogP contribution in [0.1, 0.15) is 6.92 Å². The van der Waals surface area contributed by atoms with Crippen molar-refractivity contribution in [3.8, 4) is 10.6 Å². The first-order valence-corrected chi connectivity index (χ1v) is 12.4. The highest BCUT2D eigenvalue weighted by molar-refractivity contribution is 8.00. The molecular formula is C23H20N4O2S3. The van der Waals surface area contributed by atoms with Gasteiger partial charge in [-0.1, -0.05) is 24.3 Å². The minimum absolute atomic E-state index is 0.105. The number of para-hydroxylation sites is 1. The lowest BCUT2D eigenvalue weighted by Crippen LogP contribution is -2.22. The number of thiazole rings is 1. The molecule has 0 aliphatic heterocycles. The predicted octanol–water partition coefficient (Wildman–Crippen LogP) is 6.63. The Labute approximate surface area is 198 Å². The van der Waals surface area contributed by atoms with E-state index in [4.69, 9.17) is 0 Å². The van der Waals surface area contributed by atoms with Gasteiger partial charge in [0.25, 0.3) is 0 Å². The molecule has 32 heavy (non-hydrogen) atoms. The van der Waals surface area contributed by atoms with E-state index < -0.39 is 0 Å². The van der Waals surface area contributed by atoms with Gasteiger partial charge < -0.3 is 16.0 Å². The first-order valence-electron chi connectivity index (χ1n) is 9.77. The molecule has 0 aliphatic carbocycles. The van der Waals surface area contributed by atoms with E-state index >= 15 is 0 Å². The first-order chi connectivity index (χ1) is 15.6. The van der Waals surface area contributed by atoms with Crippen molar-refractivity contribution in [3.05, 3.63) is 77.5 Å². The maximum absolute atomic E-state index is 12.6. The second-order valence-electron chi connectivity index (χ2n) is 6.73. The van der Waals surface area contributed by atoms with Gasteiger partial charge in [0, 0.05) is 21.7 Å². The molecule has 6 nitrogen and oxygen atoms in total. The van der Waals surface area contributed by atoms with E-state index in [0.717, 1.165) is 21.2 Å². The van der Waals surface area contributed by atoms with Crippen LogP contribution >= 0.6 is 34.4 Å². The Morgan fingerprint density at radius 2 is 1.59 bits per heavy atom. The monoisotopic (exact) mass is 480 g/mol. The summed E-state index contributed by atoms with van der Waals surface area (Å²) in [5.74, 6) is -0.105. The molecule has 2 heterocycles. The third kappa shape index (κ3) is 5.97. The molecule has 1 atom stereocenters. The van der Waals surface area contributed by atoms with Crippen LogP contribution in [0.15, 0.2) is 82.4 Å². The molecule has 0 spiro atoms. The summed E-state index contributed by atoms with van der Waals surface area (Å²) >= 11 is 4.48. The molecule has 4 aromatic rings. The molecule has 1 unspecified atom stereocenters. The number of carbonyl (C=O) groups excluding carboxylic acids is 2. The lowest BCUT2D eigenvalue weighted by atomic mass is 10.3.